The zero-order valence-corrected chi connectivity index (χ0v) is 8.74. The van der Waals surface area contributed by atoms with Crippen molar-refractivity contribution in [3.8, 4) is 0 Å². The number of anilines is 1. The molecule has 1 aromatic rings. The summed E-state index contributed by atoms with van der Waals surface area (Å²) in [6.45, 7) is 3.97. The van der Waals surface area contributed by atoms with E-state index >= 15 is 0 Å². The van der Waals surface area contributed by atoms with Crippen LogP contribution in [0.25, 0.3) is 0 Å². The first-order valence-corrected chi connectivity index (χ1v) is 4.51. The lowest BCUT2D eigenvalue weighted by Crippen LogP contribution is -2.26. The smallest absolute Gasteiger partial charge is 0.162 e. The number of aromatic nitrogens is 2. The highest BCUT2D eigenvalue weighted by Crippen LogP contribution is 2.25. The van der Waals surface area contributed by atoms with Gasteiger partial charge in [-0.1, -0.05) is 6.92 Å². The van der Waals surface area contributed by atoms with Crippen LogP contribution in [-0.4, -0.2) is 17.1 Å². The number of nitrogen functional groups attached to an aromatic ring is 1. The molecular formula is C9H16N4O. The lowest BCUT2D eigenvalue weighted by Gasteiger charge is -2.24. The molecule has 0 saturated carbocycles. The number of nitrogens with one attached hydrogen (secondary N) is 1. The highest BCUT2D eigenvalue weighted by atomic mass is 16.5. The zero-order chi connectivity index (χ0) is 10.6. The van der Waals surface area contributed by atoms with Crippen LogP contribution >= 0.6 is 0 Å². The van der Waals surface area contributed by atoms with Crippen molar-refractivity contribution in [1.29, 1.82) is 0 Å². The summed E-state index contributed by atoms with van der Waals surface area (Å²) in [7, 11) is 1.65. The lowest BCUT2D eigenvalue weighted by molar-refractivity contribution is -0.00887. The molecule has 0 radical (unpaired) electrons. The molecule has 1 heterocycles. The van der Waals surface area contributed by atoms with E-state index in [1.165, 1.54) is 0 Å². The summed E-state index contributed by atoms with van der Waals surface area (Å²) in [6, 6.07) is 1.70. The number of nitrogens with two attached hydrogens (primary N) is 1. The van der Waals surface area contributed by atoms with Crippen LogP contribution in [-0.2, 0) is 10.3 Å². The molecule has 0 aliphatic carbocycles. The molecule has 0 aromatic carbocycles. The molecule has 1 rings (SSSR count). The summed E-state index contributed by atoms with van der Waals surface area (Å²) in [6.07, 6.45) is 2.46. The van der Waals surface area contributed by atoms with Gasteiger partial charge in [0.25, 0.3) is 0 Å². The molecule has 0 spiro atoms. The number of nitrogens with zero attached hydrogens (tertiary/aromatic N) is 2. The number of methoxy groups -OCH3 is 1. The molecule has 0 amide bonds. The molecule has 3 N–H and O–H groups in total. The predicted octanol–water partition coefficient (Wildman–Crippen LogP) is 1.03. The standard InChI is InChI=1S/C9H16N4O/c1-4-9(2,14-3)8-11-6-5-7(12-8)13-10/h5-6H,4,10H2,1-3H3,(H,11,12,13). The van der Waals surface area contributed by atoms with E-state index in [1.54, 1.807) is 19.4 Å². The predicted molar refractivity (Wildman–Crippen MR) is 54.5 cm³/mol. The highest BCUT2D eigenvalue weighted by Gasteiger charge is 2.27. The number of rotatable bonds is 4. The van der Waals surface area contributed by atoms with Crippen molar-refractivity contribution in [2.45, 2.75) is 25.9 Å². The summed E-state index contributed by atoms with van der Waals surface area (Å²) >= 11 is 0. The normalized spacial score (nSPS) is 14.9. The first-order chi connectivity index (χ1) is 6.66. The Morgan fingerprint density at radius 3 is 2.86 bits per heavy atom. The minimum absolute atomic E-state index is 0.452. The van der Waals surface area contributed by atoms with Gasteiger partial charge in [-0.05, 0) is 13.3 Å². The quantitative estimate of drug-likeness (QED) is 0.556. The molecule has 0 fully saturated rings. The third-order valence-corrected chi connectivity index (χ3v) is 2.40. The third kappa shape index (κ3) is 2.00. The van der Waals surface area contributed by atoms with Gasteiger partial charge in [-0.15, -0.1) is 0 Å². The van der Waals surface area contributed by atoms with Crippen molar-refractivity contribution in [1.82, 2.24) is 9.97 Å². The van der Waals surface area contributed by atoms with Crippen LogP contribution in [0.2, 0.25) is 0 Å². The van der Waals surface area contributed by atoms with Gasteiger partial charge >= 0.3 is 0 Å². The highest BCUT2D eigenvalue weighted by molar-refractivity contribution is 5.31. The Hall–Kier alpha value is -1.20. The Kier molecular flexibility index (Phi) is 3.38. The molecule has 1 atom stereocenters. The SMILES string of the molecule is CCC(C)(OC)c1nccc(NN)n1. The molecule has 5 nitrogen and oxygen atoms in total. The van der Waals surface area contributed by atoms with E-state index in [9.17, 15) is 0 Å². The molecule has 14 heavy (non-hydrogen) atoms. The second-order valence-corrected chi connectivity index (χ2v) is 3.20. The molecule has 0 aliphatic heterocycles. The molecular weight excluding hydrogens is 180 g/mol. The monoisotopic (exact) mass is 196 g/mol. The number of ether oxygens (including phenoxy) is 1. The van der Waals surface area contributed by atoms with Crippen molar-refractivity contribution < 1.29 is 4.74 Å². The van der Waals surface area contributed by atoms with Gasteiger partial charge in [0, 0.05) is 19.4 Å². The van der Waals surface area contributed by atoms with Crippen LogP contribution in [0, 0.1) is 0 Å². The van der Waals surface area contributed by atoms with E-state index in [0.717, 1.165) is 6.42 Å². The minimum Gasteiger partial charge on any atom is -0.371 e. The lowest BCUT2D eigenvalue weighted by atomic mass is 10.0. The fraction of sp³-hybridized carbons (Fsp3) is 0.556. The second kappa shape index (κ2) is 4.34. The summed E-state index contributed by atoms with van der Waals surface area (Å²) in [5.74, 6) is 6.49. The van der Waals surface area contributed by atoms with Gasteiger partial charge in [0.15, 0.2) is 5.82 Å². The maximum absolute atomic E-state index is 5.38. The summed E-state index contributed by atoms with van der Waals surface area (Å²) in [4.78, 5) is 8.40. The fourth-order valence-electron chi connectivity index (χ4n) is 1.09. The van der Waals surface area contributed by atoms with Crippen molar-refractivity contribution in [2.24, 2.45) is 5.84 Å². The van der Waals surface area contributed by atoms with Gasteiger partial charge < -0.3 is 10.2 Å². The first-order valence-electron chi connectivity index (χ1n) is 4.51. The Labute approximate surface area is 83.7 Å². The number of hydrogen-bond acceptors (Lipinski definition) is 5. The van der Waals surface area contributed by atoms with Gasteiger partial charge in [-0.25, -0.2) is 15.8 Å². The minimum atomic E-state index is -0.452. The van der Waals surface area contributed by atoms with Crippen LogP contribution in [0.5, 0.6) is 0 Å². The maximum Gasteiger partial charge on any atom is 0.162 e. The van der Waals surface area contributed by atoms with E-state index in [2.05, 4.69) is 15.4 Å². The second-order valence-electron chi connectivity index (χ2n) is 3.20. The van der Waals surface area contributed by atoms with Gasteiger partial charge in [-0.3, -0.25) is 0 Å². The number of hydrazine groups is 1. The van der Waals surface area contributed by atoms with Gasteiger partial charge in [0.1, 0.15) is 11.4 Å². The largest absolute Gasteiger partial charge is 0.371 e. The molecule has 0 bridgehead atoms. The Balaban J connectivity index is 3.04. The van der Waals surface area contributed by atoms with Crippen molar-refractivity contribution in [3.05, 3.63) is 18.1 Å². The molecule has 0 saturated heterocycles. The van der Waals surface area contributed by atoms with E-state index in [-0.39, 0.29) is 0 Å². The van der Waals surface area contributed by atoms with E-state index in [1.807, 2.05) is 13.8 Å². The first kappa shape index (κ1) is 10.9. The van der Waals surface area contributed by atoms with E-state index in [4.69, 9.17) is 10.6 Å². The topological polar surface area (TPSA) is 73.1 Å². The van der Waals surface area contributed by atoms with E-state index < -0.39 is 5.60 Å². The molecule has 78 valence electrons. The fourth-order valence-corrected chi connectivity index (χ4v) is 1.09. The Morgan fingerprint density at radius 2 is 2.36 bits per heavy atom. The third-order valence-electron chi connectivity index (χ3n) is 2.40. The summed E-state index contributed by atoms with van der Waals surface area (Å²) in [5.41, 5.74) is 2.03. The van der Waals surface area contributed by atoms with Gasteiger partial charge in [0.2, 0.25) is 0 Å². The van der Waals surface area contributed by atoms with Crippen molar-refractivity contribution in [3.63, 3.8) is 0 Å². The van der Waals surface area contributed by atoms with E-state index in [0.29, 0.717) is 11.6 Å². The molecule has 1 unspecified atom stereocenters. The Morgan fingerprint density at radius 1 is 1.64 bits per heavy atom. The average molecular weight is 196 g/mol. The maximum atomic E-state index is 5.38. The van der Waals surface area contributed by atoms with Crippen LogP contribution in [0.1, 0.15) is 26.1 Å². The van der Waals surface area contributed by atoms with Crippen LogP contribution < -0.4 is 11.3 Å². The summed E-state index contributed by atoms with van der Waals surface area (Å²) in [5, 5.41) is 0. The Bertz CT molecular complexity index is 299. The average Bonchev–Trinajstić information content (AvgIpc) is 2.28. The molecule has 1 aromatic heterocycles. The zero-order valence-electron chi connectivity index (χ0n) is 8.74. The summed E-state index contributed by atoms with van der Waals surface area (Å²) < 4.78 is 5.38. The van der Waals surface area contributed by atoms with Gasteiger partial charge in [-0.2, -0.15) is 0 Å². The van der Waals surface area contributed by atoms with Gasteiger partial charge in [0.05, 0.1) is 0 Å². The number of hydrogen-bond donors (Lipinski definition) is 2. The van der Waals surface area contributed by atoms with Crippen molar-refractivity contribution in [2.75, 3.05) is 12.5 Å². The van der Waals surface area contributed by atoms with Crippen LogP contribution in [0.3, 0.4) is 0 Å². The van der Waals surface area contributed by atoms with Crippen LogP contribution in [0.4, 0.5) is 5.82 Å². The van der Waals surface area contributed by atoms with Crippen LogP contribution in [0.15, 0.2) is 12.3 Å². The molecule has 0 aliphatic rings. The van der Waals surface area contributed by atoms with Crippen molar-refractivity contribution >= 4 is 5.82 Å². The molecule has 5 heteroatoms.